The van der Waals surface area contributed by atoms with Gasteiger partial charge in [-0.25, -0.2) is 4.39 Å². The molecule has 0 radical (unpaired) electrons. The van der Waals surface area contributed by atoms with Crippen molar-refractivity contribution in [3.8, 4) is 5.75 Å². The Hall–Kier alpha value is -1.04. The van der Waals surface area contributed by atoms with Crippen LogP contribution in [0.2, 0.25) is 5.02 Å². The SMILES string of the molecule is Cl.NCC1CCCCN1C(=O)COc1ccc(F)cc1Cl. The molecule has 1 atom stereocenters. The van der Waals surface area contributed by atoms with Gasteiger partial charge in [0.05, 0.1) is 5.02 Å². The summed E-state index contributed by atoms with van der Waals surface area (Å²) in [6.07, 6.45) is 3.01. The second-order valence-corrected chi connectivity index (χ2v) is 5.24. The van der Waals surface area contributed by atoms with Crippen LogP contribution in [0.3, 0.4) is 0 Å². The molecular weight excluding hydrogens is 318 g/mol. The third-order valence-electron chi connectivity index (χ3n) is 3.46. The van der Waals surface area contributed by atoms with Crippen LogP contribution in [0.25, 0.3) is 0 Å². The number of carbonyl (C=O) groups is 1. The van der Waals surface area contributed by atoms with E-state index in [1.807, 2.05) is 0 Å². The number of piperidine rings is 1. The maximum Gasteiger partial charge on any atom is 0.260 e. The quantitative estimate of drug-likeness (QED) is 0.919. The number of amides is 1. The summed E-state index contributed by atoms with van der Waals surface area (Å²) in [6, 6.07) is 3.91. The van der Waals surface area contributed by atoms with E-state index < -0.39 is 5.82 Å². The predicted octanol–water partition coefficient (Wildman–Crippen LogP) is 2.62. The Bertz CT molecular complexity index is 488. The molecule has 0 saturated carbocycles. The number of halogens is 3. The van der Waals surface area contributed by atoms with E-state index in [1.165, 1.54) is 12.1 Å². The number of hydrogen-bond donors (Lipinski definition) is 1. The van der Waals surface area contributed by atoms with E-state index in [9.17, 15) is 9.18 Å². The summed E-state index contributed by atoms with van der Waals surface area (Å²) in [6.45, 7) is 1.06. The van der Waals surface area contributed by atoms with Crippen LogP contribution in [0.4, 0.5) is 4.39 Å². The smallest absolute Gasteiger partial charge is 0.260 e. The van der Waals surface area contributed by atoms with Crippen molar-refractivity contribution in [3.63, 3.8) is 0 Å². The van der Waals surface area contributed by atoms with Gasteiger partial charge in [-0.2, -0.15) is 0 Å². The van der Waals surface area contributed by atoms with Crippen LogP contribution in [0.15, 0.2) is 18.2 Å². The lowest BCUT2D eigenvalue weighted by molar-refractivity contribution is -0.136. The molecule has 0 spiro atoms. The number of nitrogens with two attached hydrogens (primary N) is 1. The highest BCUT2D eigenvalue weighted by Crippen LogP contribution is 2.25. The Labute approximate surface area is 134 Å². The highest BCUT2D eigenvalue weighted by atomic mass is 35.5. The zero-order chi connectivity index (χ0) is 14.5. The minimum Gasteiger partial charge on any atom is -0.482 e. The fourth-order valence-corrected chi connectivity index (χ4v) is 2.61. The van der Waals surface area contributed by atoms with E-state index in [-0.39, 0.29) is 36.0 Å². The van der Waals surface area contributed by atoms with Gasteiger partial charge in [0.2, 0.25) is 0 Å². The van der Waals surface area contributed by atoms with E-state index in [0.717, 1.165) is 25.3 Å². The Morgan fingerprint density at radius 1 is 1.48 bits per heavy atom. The molecule has 1 amide bonds. The zero-order valence-electron chi connectivity index (χ0n) is 11.6. The topological polar surface area (TPSA) is 55.6 Å². The Morgan fingerprint density at radius 2 is 2.24 bits per heavy atom. The molecule has 1 aliphatic rings. The third-order valence-corrected chi connectivity index (χ3v) is 3.76. The van der Waals surface area contributed by atoms with Crippen LogP contribution in [-0.4, -0.2) is 36.5 Å². The van der Waals surface area contributed by atoms with Crippen molar-refractivity contribution in [3.05, 3.63) is 29.0 Å². The van der Waals surface area contributed by atoms with Gasteiger partial charge >= 0.3 is 0 Å². The molecule has 1 unspecified atom stereocenters. The molecule has 1 heterocycles. The summed E-state index contributed by atoms with van der Waals surface area (Å²) in [5.41, 5.74) is 5.68. The van der Waals surface area contributed by atoms with Crippen LogP contribution in [0, 0.1) is 5.82 Å². The second-order valence-electron chi connectivity index (χ2n) is 4.84. The average Bonchev–Trinajstić information content (AvgIpc) is 2.46. The summed E-state index contributed by atoms with van der Waals surface area (Å²) in [5.74, 6) is -0.240. The molecule has 0 bridgehead atoms. The molecule has 7 heteroatoms. The summed E-state index contributed by atoms with van der Waals surface area (Å²) < 4.78 is 18.3. The minimum atomic E-state index is -0.437. The molecular formula is C14H19Cl2FN2O2. The molecule has 1 saturated heterocycles. The number of hydrogen-bond acceptors (Lipinski definition) is 3. The van der Waals surface area contributed by atoms with Crippen LogP contribution in [0.1, 0.15) is 19.3 Å². The van der Waals surface area contributed by atoms with Gasteiger partial charge in [0, 0.05) is 19.1 Å². The summed E-state index contributed by atoms with van der Waals surface area (Å²) in [5, 5.41) is 0.159. The zero-order valence-corrected chi connectivity index (χ0v) is 13.1. The van der Waals surface area contributed by atoms with Gasteiger partial charge in [0.15, 0.2) is 6.61 Å². The third kappa shape index (κ3) is 4.73. The lowest BCUT2D eigenvalue weighted by Crippen LogP contribution is -2.49. The lowest BCUT2D eigenvalue weighted by Gasteiger charge is -2.34. The van der Waals surface area contributed by atoms with Gasteiger partial charge in [0.1, 0.15) is 11.6 Å². The van der Waals surface area contributed by atoms with E-state index >= 15 is 0 Å². The van der Waals surface area contributed by atoms with Crippen molar-refractivity contribution in [1.29, 1.82) is 0 Å². The number of likely N-dealkylation sites (tertiary alicyclic amines) is 1. The minimum absolute atomic E-state index is 0. The first-order valence-corrected chi connectivity index (χ1v) is 7.07. The van der Waals surface area contributed by atoms with Crippen molar-refractivity contribution >= 4 is 29.9 Å². The van der Waals surface area contributed by atoms with Crippen molar-refractivity contribution in [2.45, 2.75) is 25.3 Å². The Balaban J connectivity index is 0.00000220. The fraction of sp³-hybridized carbons (Fsp3) is 0.500. The molecule has 0 aromatic heterocycles. The number of ether oxygens (including phenoxy) is 1. The van der Waals surface area contributed by atoms with Crippen LogP contribution in [0.5, 0.6) is 5.75 Å². The van der Waals surface area contributed by atoms with E-state index in [4.69, 9.17) is 22.1 Å². The molecule has 0 aliphatic carbocycles. The first-order chi connectivity index (χ1) is 9.61. The molecule has 1 aliphatic heterocycles. The predicted molar refractivity (Wildman–Crippen MR) is 82.6 cm³/mol. The maximum absolute atomic E-state index is 12.9. The van der Waals surface area contributed by atoms with Crippen LogP contribution < -0.4 is 10.5 Å². The van der Waals surface area contributed by atoms with Gasteiger partial charge in [0.25, 0.3) is 5.91 Å². The molecule has 1 aromatic carbocycles. The van der Waals surface area contributed by atoms with Gasteiger partial charge < -0.3 is 15.4 Å². The van der Waals surface area contributed by atoms with Crippen molar-refractivity contribution in [2.75, 3.05) is 19.7 Å². The normalized spacial score (nSPS) is 18.0. The van der Waals surface area contributed by atoms with Gasteiger partial charge in [-0.15, -0.1) is 12.4 Å². The monoisotopic (exact) mass is 336 g/mol. The van der Waals surface area contributed by atoms with Crippen LogP contribution in [-0.2, 0) is 4.79 Å². The summed E-state index contributed by atoms with van der Waals surface area (Å²) in [7, 11) is 0. The highest BCUT2D eigenvalue weighted by Gasteiger charge is 2.25. The Morgan fingerprint density at radius 3 is 2.90 bits per heavy atom. The maximum atomic E-state index is 12.9. The van der Waals surface area contributed by atoms with Gasteiger partial charge in [-0.05, 0) is 37.5 Å². The largest absolute Gasteiger partial charge is 0.482 e. The average molecular weight is 337 g/mol. The lowest BCUT2D eigenvalue weighted by atomic mass is 10.0. The van der Waals surface area contributed by atoms with E-state index in [0.29, 0.717) is 18.8 Å². The first kappa shape index (κ1) is 18.0. The van der Waals surface area contributed by atoms with Crippen molar-refractivity contribution in [2.24, 2.45) is 5.73 Å². The second kappa shape index (κ2) is 8.41. The summed E-state index contributed by atoms with van der Waals surface area (Å²) in [4.78, 5) is 13.9. The van der Waals surface area contributed by atoms with Crippen LogP contribution >= 0.6 is 24.0 Å². The molecule has 4 nitrogen and oxygen atoms in total. The first-order valence-electron chi connectivity index (χ1n) is 6.69. The fourth-order valence-electron chi connectivity index (χ4n) is 2.39. The number of carbonyl (C=O) groups excluding carboxylic acids is 1. The molecule has 2 N–H and O–H groups in total. The number of nitrogens with zero attached hydrogens (tertiary/aromatic N) is 1. The number of benzene rings is 1. The van der Waals surface area contributed by atoms with E-state index in [1.54, 1.807) is 4.90 Å². The number of rotatable bonds is 4. The molecule has 1 fully saturated rings. The highest BCUT2D eigenvalue weighted by molar-refractivity contribution is 6.32. The van der Waals surface area contributed by atoms with Crippen molar-refractivity contribution < 1.29 is 13.9 Å². The van der Waals surface area contributed by atoms with E-state index in [2.05, 4.69) is 0 Å². The standard InChI is InChI=1S/C14H18ClFN2O2.ClH/c15-12-7-10(16)4-5-13(12)20-9-14(19)18-6-2-1-3-11(18)8-17;/h4-5,7,11H,1-3,6,8-9,17H2;1H. The van der Waals surface area contributed by atoms with Gasteiger partial charge in [-0.1, -0.05) is 11.6 Å². The molecule has 1 aromatic rings. The van der Waals surface area contributed by atoms with Crippen molar-refractivity contribution in [1.82, 2.24) is 4.90 Å². The Kier molecular flexibility index (Phi) is 7.22. The molecule has 21 heavy (non-hydrogen) atoms. The molecule has 2 rings (SSSR count). The molecule has 118 valence electrons. The summed E-state index contributed by atoms with van der Waals surface area (Å²) >= 11 is 5.84. The van der Waals surface area contributed by atoms with Gasteiger partial charge in [-0.3, -0.25) is 4.79 Å².